The topological polar surface area (TPSA) is 70.8 Å². The Balaban J connectivity index is 1.98. The van der Waals surface area contributed by atoms with Crippen molar-refractivity contribution in [2.24, 2.45) is 0 Å². The van der Waals surface area contributed by atoms with Crippen LogP contribution in [0.2, 0.25) is 0 Å². The summed E-state index contributed by atoms with van der Waals surface area (Å²) in [6.45, 7) is 7.88. The highest BCUT2D eigenvalue weighted by Crippen LogP contribution is 2.26. The van der Waals surface area contributed by atoms with E-state index in [1.807, 2.05) is 37.3 Å². The Hall–Kier alpha value is -3.34. The van der Waals surface area contributed by atoms with Gasteiger partial charge in [-0.3, -0.25) is 0 Å². The van der Waals surface area contributed by atoms with Gasteiger partial charge in [-0.05, 0) is 63.0 Å². The standard InChI is InChI=1S/C25H27NO4/c1-4-26(5-2)20-13-15-21-17(3)22(25(29)30-23(21)16-20)14-11-18-8-6-7-9-19(12-10-18)24(27)28/h6-7,10-16H,4-5,8-9H2,1-3H3,(H,27,28)/b7-6?,14-11+,18-10+,19-12+. The third kappa shape index (κ3) is 4.62. The summed E-state index contributed by atoms with van der Waals surface area (Å²) in [4.78, 5) is 26.1. The number of allylic oxidation sites excluding steroid dienone is 6. The largest absolute Gasteiger partial charge is 0.478 e. The summed E-state index contributed by atoms with van der Waals surface area (Å²) < 4.78 is 5.63. The van der Waals surface area contributed by atoms with E-state index in [2.05, 4.69) is 24.8 Å². The average Bonchev–Trinajstić information content (AvgIpc) is 2.69. The molecule has 0 bridgehead atoms. The molecular weight excluding hydrogens is 378 g/mol. The van der Waals surface area contributed by atoms with Crippen molar-refractivity contribution in [3.63, 3.8) is 0 Å². The molecule has 3 rings (SSSR count). The van der Waals surface area contributed by atoms with Crippen molar-refractivity contribution in [3.8, 4) is 0 Å². The second-order valence-corrected chi connectivity index (χ2v) is 7.23. The molecule has 1 heterocycles. The molecule has 1 aromatic heterocycles. The number of carboxylic acids is 1. The SMILES string of the molecule is CCN(CC)c1ccc2c(C)c(/C=C/C3=C/C=C(/C(=O)O)CC=CC3)c(=O)oc2c1. The van der Waals surface area contributed by atoms with Crippen LogP contribution in [0.5, 0.6) is 0 Å². The van der Waals surface area contributed by atoms with E-state index in [0.29, 0.717) is 29.6 Å². The van der Waals surface area contributed by atoms with E-state index >= 15 is 0 Å². The Morgan fingerprint density at radius 3 is 2.57 bits per heavy atom. The molecule has 0 unspecified atom stereocenters. The Bertz CT molecular complexity index is 1130. The van der Waals surface area contributed by atoms with Crippen LogP contribution in [0.3, 0.4) is 0 Å². The maximum absolute atomic E-state index is 12.7. The Morgan fingerprint density at radius 2 is 1.87 bits per heavy atom. The van der Waals surface area contributed by atoms with Crippen LogP contribution in [0.4, 0.5) is 5.69 Å². The minimum Gasteiger partial charge on any atom is -0.478 e. The highest BCUT2D eigenvalue weighted by Gasteiger charge is 2.12. The molecule has 0 saturated heterocycles. The van der Waals surface area contributed by atoms with Crippen molar-refractivity contribution < 1.29 is 14.3 Å². The molecule has 30 heavy (non-hydrogen) atoms. The molecule has 156 valence electrons. The van der Waals surface area contributed by atoms with Gasteiger partial charge >= 0.3 is 11.6 Å². The number of fused-ring (bicyclic) bond motifs is 1. The summed E-state index contributed by atoms with van der Waals surface area (Å²) in [5.74, 6) is -0.920. The highest BCUT2D eigenvalue weighted by atomic mass is 16.4. The van der Waals surface area contributed by atoms with Crippen molar-refractivity contribution in [3.05, 3.63) is 81.3 Å². The van der Waals surface area contributed by atoms with E-state index in [9.17, 15) is 14.7 Å². The number of hydrogen-bond acceptors (Lipinski definition) is 4. The lowest BCUT2D eigenvalue weighted by atomic mass is 10.0. The predicted molar refractivity (Wildman–Crippen MR) is 122 cm³/mol. The smallest absolute Gasteiger partial charge is 0.343 e. The Kier molecular flexibility index (Phi) is 6.72. The van der Waals surface area contributed by atoms with Gasteiger partial charge in [-0.1, -0.05) is 30.4 Å². The number of aryl methyl sites for hydroxylation is 1. The molecule has 0 aliphatic heterocycles. The summed E-state index contributed by atoms with van der Waals surface area (Å²) in [7, 11) is 0. The molecule has 1 aliphatic rings. The van der Waals surface area contributed by atoms with Crippen molar-refractivity contribution in [1.29, 1.82) is 0 Å². The fourth-order valence-electron chi connectivity index (χ4n) is 3.58. The quantitative estimate of drug-likeness (QED) is 0.525. The summed E-state index contributed by atoms with van der Waals surface area (Å²) in [6.07, 6.45) is 11.9. The van der Waals surface area contributed by atoms with Crippen LogP contribution >= 0.6 is 0 Å². The number of nitrogens with zero attached hydrogens (tertiary/aromatic N) is 1. The zero-order valence-electron chi connectivity index (χ0n) is 17.6. The molecule has 2 aromatic rings. The molecule has 0 spiro atoms. The van der Waals surface area contributed by atoms with E-state index in [0.717, 1.165) is 35.3 Å². The molecule has 1 N–H and O–H groups in total. The van der Waals surface area contributed by atoms with Gasteiger partial charge in [0.15, 0.2) is 0 Å². The first-order valence-electron chi connectivity index (χ1n) is 10.2. The molecule has 5 nitrogen and oxygen atoms in total. The fourth-order valence-corrected chi connectivity index (χ4v) is 3.58. The summed E-state index contributed by atoms with van der Waals surface area (Å²) in [5.41, 5.74) is 3.87. The van der Waals surface area contributed by atoms with Gasteiger partial charge in [0.2, 0.25) is 0 Å². The number of rotatable bonds is 6. The van der Waals surface area contributed by atoms with Gasteiger partial charge in [-0.15, -0.1) is 0 Å². The molecule has 0 radical (unpaired) electrons. The minimum absolute atomic E-state index is 0.335. The third-order valence-corrected chi connectivity index (χ3v) is 5.42. The lowest BCUT2D eigenvalue weighted by Gasteiger charge is -2.21. The second kappa shape index (κ2) is 9.44. The fraction of sp³-hybridized carbons (Fsp3) is 0.280. The maximum Gasteiger partial charge on any atom is 0.343 e. The van der Waals surface area contributed by atoms with Crippen LogP contribution in [0.1, 0.15) is 37.8 Å². The monoisotopic (exact) mass is 405 g/mol. The van der Waals surface area contributed by atoms with Crippen molar-refractivity contribution in [2.45, 2.75) is 33.6 Å². The highest BCUT2D eigenvalue weighted by molar-refractivity contribution is 5.87. The second-order valence-electron chi connectivity index (χ2n) is 7.23. The zero-order valence-corrected chi connectivity index (χ0v) is 17.6. The zero-order chi connectivity index (χ0) is 21.7. The van der Waals surface area contributed by atoms with Crippen molar-refractivity contribution >= 4 is 28.7 Å². The minimum atomic E-state index is -0.920. The van der Waals surface area contributed by atoms with Crippen molar-refractivity contribution in [1.82, 2.24) is 0 Å². The molecule has 5 heteroatoms. The van der Waals surface area contributed by atoms with E-state index in [1.165, 1.54) is 0 Å². The van der Waals surface area contributed by atoms with E-state index in [4.69, 9.17) is 4.42 Å². The van der Waals surface area contributed by atoms with E-state index in [1.54, 1.807) is 18.2 Å². The van der Waals surface area contributed by atoms with Gasteiger partial charge in [0.05, 0.1) is 5.56 Å². The van der Waals surface area contributed by atoms with Crippen LogP contribution in [-0.2, 0) is 4.79 Å². The molecule has 1 aliphatic carbocycles. The van der Waals surface area contributed by atoms with Gasteiger partial charge < -0.3 is 14.4 Å². The number of carboxylic acid groups (broad SMARTS) is 1. The Morgan fingerprint density at radius 1 is 1.13 bits per heavy atom. The Labute approximate surface area is 176 Å². The van der Waals surface area contributed by atoms with Crippen LogP contribution in [0.25, 0.3) is 17.0 Å². The number of hydrogen-bond donors (Lipinski definition) is 1. The number of benzene rings is 1. The first-order valence-corrected chi connectivity index (χ1v) is 10.2. The maximum atomic E-state index is 12.7. The molecule has 1 aromatic carbocycles. The number of aliphatic carboxylic acids is 1. The van der Waals surface area contributed by atoms with Crippen LogP contribution in [-0.4, -0.2) is 24.2 Å². The van der Waals surface area contributed by atoms with Gasteiger partial charge in [0.25, 0.3) is 0 Å². The summed E-state index contributed by atoms with van der Waals surface area (Å²) in [5, 5.41) is 10.1. The average molecular weight is 405 g/mol. The van der Waals surface area contributed by atoms with Crippen LogP contribution in [0.15, 0.2) is 68.9 Å². The molecular formula is C25H27NO4. The van der Waals surface area contributed by atoms with E-state index in [-0.39, 0.29) is 5.63 Å². The van der Waals surface area contributed by atoms with Gasteiger partial charge in [-0.25, -0.2) is 9.59 Å². The van der Waals surface area contributed by atoms with Crippen LogP contribution in [0, 0.1) is 6.92 Å². The lowest BCUT2D eigenvalue weighted by molar-refractivity contribution is -0.132. The molecule has 0 fully saturated rings. The van der Waals surface area contributed by atoms with Gasteiger partial charge in [0, 0.05) is 35.8 Å². The number of anilines is 1. The lowest BCUT2D eigenvalue weighted by Crippen LogP contribution is -2.21. The third-order valence-electron chi connectivity index (χ3n) is 5.42. The van der Waals surface area contributed by atoms with Crippen LogP contribution < -0.4 is 10.5 Å². The molecule has 0 atom stereocenters. The molecule has 0 amide bonds. The van der Waals surface area contributed by atoms with Gasteiger partial charge in [-0.2, -0.15) is 0 Å². The normalized spacial score (nSPS) is 17.8. The first-order chi connectivity index (χ1) is 14.4. The van der Waals surface area contributed by atoms with E-state index < -0.39 is 5.97 Å². The van der Waals surface area contributed by atoms with Crippen molar-refractivity contribution in [2.75, 3.05) is 18.0 Å². The molecule has 0 saturated carbocycles. The first kappa shape index (κ1) is 21.4. The van der Waals surface area contributed by atoms with Gasteiger partial charge in [0.1, 0.15) is 5.58 Å². The number of carbonyl (C=O) groups is 1. The predicted octanol–water partition coefficient (Wildman–Crippen LogP) is 5.25. The summed E-state index contributed by atoms with van der Waals surface area (Å²) in [6, 6.07) is 5.97. The summed E-state index contributed by atoms with van der Waals surface area (Å²) >= 11 is 0.